The van der Waals surface area contributed by atoms with E-state index in [0.717, 1.165) is 66.7 Å². The lowest BCUT2D eigenvalue weighted by molar-refractivity contribution is -0.114. The molecule has 0 saturated heterocycles. The second-order valence-corrected chi connectivity index (χ2v) is 9.77. The zero-order valence-corrected chi connectivity index (χ0v) is 23.3. The Hall–Kier alpha value is -3.35. The van der Waals surface area contributed by atoms with Gasteiger partial charge in [-0.1, -0.05) is 75.9 Å². The number of hydrogen-bond acceptors (Lipinski definition) is 4. The molecule has 0 radical (unpaired) electrons. The molecule has 4 nitrogen and oxygen atoms in total. The molecule has 2 aromatic rings. The van der Waals surface area contributed by atoms with Gasteiger partial charge in [0, 0.05) is 11.5 Å². The molecule has 0 amide bonds. The molecule has 0 aliphatic heterocycles. The molecule has 0 heterocycles. The van der Waals surface area contributed by atoms with Gasteiger partial charge in [0.2, 0.25) is 0 Å². The number of rotatable bonds is 16. The summed E-state index contributed by atoms with van der Waals surface area (Å²) in [5, 5.41) is 0. The van der Waals surface area contributed by atoms with Crippen molar-refractivity contribution < 1.29 is 27.6 Å². The predicted octanol–water partition coefficient (Wildman–Crippen LogP) is 8.74. The number of allylic oxidation sites excluding steroid dienone is 4. The number of carbonyl (C=O) groups is 1. The third-order valence-electron chi connectivity index (χ3n) is 6.63. The Kier molecular flexibility index (Phi) is 12.3. The van der Waals surface area contributed by atoms with E-state index >= 15 is 0 Å². The normalized spacial score (nSPS) is 15.3. The highest BCUT2D eigenvalue weighted by Gasteiger charge is 2.31. The van der Waals surface area contributed by atoms with E-state index in [1.54, 1.807) is 6.08 Å². The van der Waals surface area contributed by atoms with Gasteiger partial charge in [0.05, 0.1) is 13.2 Å². The highest BCUT2D eigenvalue weighted by atomic mass is 19.2. The topological polar surface area (TPSA) is 44.8 Å². The number of carbonyl (C=O) groups excluding carboxylic acids is 1. The van der Waals surface area contributed by atoms with Crippen molar-refractivity contribution in [3.05, 3.63) is 88.7 Å². The minimum atomic E-state index is -3.03. The van der Waals surface area contributed by atoms with Gasteiger partial charge >= 0.3 is 7.47 Å². The van der Waals surface area contributed by atoms with Gasteiger partial charge in [-0.15, -0.1) is 0 Å². The molecule has 39 heavy (non-hydrogen) atoms. The fourth-order valence-corrected chi connectivity index (χ4v) is 4.62. The summed E-state index contributed by atoms with van der Waals surface area (Å²) in [4.78, 5) is 12.6. The molecular formula is C32H39BF2O4. The molecule has 2 aromatic carbocycles. The van der Waals surface area contributed by atoms with Gasteiger partial charge in [0.25, 0.3) is 0 Å². The van der Waals surface area contributed by atoms with Crippen molar-refractivity contribution in [2.45, 2.75) is 71.6 Å². The average Bonchev–Trinajstić information content (AvgIpc) is 2.92. The summed E-state index contributed by atoms with van der Waals surface area (Å²) < 4.78 is 43.2. The molecule has 1 unspecified atom stereocenters. The van der Waals surface area contributed by atoms with E-state index in [2.05, 4.69) is 13.8 Å². The fourth-order valence-electron chi connectivity index (χ4n) is 4.62. The number of Topliss-reactive ketones (excluding diaryl/α,β-unsaturated/α-hetero) is 1. The van der Waals surface area contributed by atoms with E-state index in [-0.39, 0.29) is 17.1 Å². The second-order valence-electron chi connectivity index (χ2n) is 9.77. The van der Waals surface area contributed by atoms with Crippen molar-refractivity contribution in [1.82, 2.24) is 0 Å². The van der Waals surface area contributed by atoms with E-state index < -0.39 is 13.4 Å². The number of ketones is 1. The molecule has 0 aromatic heterocycles. The first-order valence-electron chi connectivity index (χ1n) is 14.0. The summed E-state index contributed by atoms with van der Waals surface area (Å²) in [6.45, 7) is 7.00. The third-order valence-corrected chi connectivity index (χ3v) is 6.63. The van der Waals surface area contributed by atoms with Gasteiger partial charge < -0.3 is 14.1 Å². The van der Waals surface area contributed by atoms with Crippen LogP contribution in [0.2, 0.25) is 0 Å². The highest BCUT2D eigenvalue weighted by molar-refractivity contribution is 6.35. The standard InChI is InChI=1S/C32H39BF2O4/c1-4-6-8-19-37-28-17-15-27(16-18-28)30-22-26(23-31(39-33(34)35)32(30)24(3)36)14-13-25-11-10-12-29(21-25)38-20-9-7-5-2/h10-18,21,23,30H,4-9,19-20,22H2,1-3H3. The number of ether oxygens (including phenoxy) is 2. The van der Waals surface area contributed by atoms with E-state index in [1.807, 2.05) is 60.7 Å². The Morgan fingerprint density at radius 1 is 0.923 bits per heavy atom. The Morgan fingerprint density at radius 3 is 2.21 bits per heavy atom. The predicted molar refractivity (Wildman–Crippen MR) is 154 cm³/mol. The lowest BCUT2D eigenvalue weighted by atomic mass is 9.79. The lowest BCUT2D eigenvalue weighted by Crippen LogP contribution is -2.19. The number of halogens is 2. The second kappa shape index (κ2) is 15.9. The number of hydrogen-bond donors (Lipinski definition) is 0. The van der Waals surface area contributed by atoms with Gasteiger partial charge in [-0.2, -0.15) is 0 Å². The van der Waals surface area contributed by atoms with Crippen molar-refractivity contribution in [1.29, 1.82) is 0 Å². The summed E-state index contributed by atoms with van der Waals surface area (Å²) in [7, 11) is -3.03. The van der Waals surface area contributed by atoms with Crippen LogP contribution in [0.4, 0.5) is 8.63 Å². The van der Waals surface area contributed by atoms with Crippen LogP contribution in [0.15, 0.2) is 77.6 Å². The molecule has 7 heteroatoms. The first kappa shape index (κ1) is 30.2. The van der Waals surface area contributed by atoms with Crippen LogP contribution in [-0.4, -0.2) is 26.5 Å². The van der Waals surface area contributed by atoms with E-state index in [0.29, 0.717) is 19.6 Å². The van der Waals surface area contributed by atoms with Crippen LogP contribution >= 0.6 is 0 Å². The SMILES string of the molecule is CCCCCOc1ccc(C2CC(C=Cc3cccc(OCCCCC)c3)=CC(OB(F)F)=C2C(C)=O)cc1. The largest absolute Gasteiger partial charge is 0.796 e. The summed E-state index contributed by atoms with van der Waals surface area (Å²) >= 11 is 0. The molecule has 1 aliphatic carbocycles. The van der Waals surface area contributed by atoms with Gasteiger partial charge in [-0.05, 0) is 73.2 Å². The van der Waals surface area contributed by atoms with Crippen molar-refractivity contribution in [3.63, 3.8) is 0 Å². The van der Waals surface area contributed by atoms with Gasteiger partial charge in [-0.3, -0.25) is 4.79 Å². The summed E-state index contributed by atoms with van der Waals surface area (Å²) in [6.07, 6.45) is 12.3. The van der Waals surface area contributed by atoms with Crippen LogP contribution in [0, 0.1) is 0 Å². The zero-order valence-electron chi connectivity index (χ0n) is 23.3. The molecular weight excluding hydrogens is 497 g/mol. The fraction of sp³-hybridized carbons (Fsp3) is 0.406. The number of benzene rings is 2. The van der Waals surface area contributed by atoms with E-state index in [4.69, 9.17) is 14.1 Å². The van der Waals surface area contributed by atoms with E-state index in [1.165, 1.54) is 6.92 Å². The van der Waals surface area contributed by atoms with Crippen molar-refractivity contribution in [2.24, 2.45) is 0 Å². The summed E-state index contributed by atoms with van der Waals surface area (Å²) in [5.41, 5.74) is 2.82. The molecule has 0 fully saturated rings. The molecule has 1 aliphatic rings. The Balaban J connectivity index is 1.82. The quantitative estimate of drug-likeness (QED) is 0.159. The highest BCUT2D eigenvalue weighted by Crippen LogP contribution is 2.39. The Labute approximate surface area is 232 Å². The maximum Gasteiger partial charge on any atom is 0.796 e. The molecule has 0 N–H and O–H groups in total. The molecule has 0 bridgehead atoms. The first-order valence-corrected chi connectivity index (χ1v) is 14.0. The van der Waals surface area contributed by atoms with Crippen molar-refractivity contribution in [3.8, 4) is 11.5 Å². The maximum atomic E-state index is 13.3. The maximum absolute atomic E-state index is 13.3. The lowest BCUT2D eigenvalue weighted by Gasteiger charge is -2.27. The van der Waals surface area contributed by atoms with Gasteiger partial charge in [0.1, 0.15) is 17.3 Å². The minimum Gasteiger partial charge on any atom is -0.505 e. The van der Waals surface area contributed by atoms with Gasteiger partial charge in [0.15, 0.2) is 5.78 Å². The van der Waals surface area contributed by atoms with E-state index in [9.17, 15) is 13.4 Å². The monoisotopic (exact) mass is 536 g/mol. The zero-order chi connectivity index (χ0) is 28.0. The average molecular weight is 536 g/mol. The number of unbranched alkanes of at least 4 members (excludes halogenated alkanes) is 4. The molecule has 208 valence electrons. The third kappa shape index (κ3) is 9.72. The first-order chi connectivity index (χ1) is 18.9. The van der Waals surface area contributed by atoms with Crippen molar-refractivity contribution in [2.75, 3.05) is 13.2 Å². The van der Waals surface area contributed by atoms with Crippen LogP contribution in [-0.2, 0) is 9.45 Å². The van der Waals surface area contributed by atoms with Crippen LogP contribution in [0.25, 0.3) is 6.08 Å². The molecule has 3 rings (SSSR count). The van der Waals surface area contributed by atoms with Crippen LogP contribution < -0.4 is 9.47 Å². The van der Waals surface area contributed by atoms with Gasteiger partial charge in [-0.25, -0.2) is 8.63 Å². The summed E-state index contributed by atoms with van der Waals surface area (Å²) in [6, 6.07) is 15.3. The van der Waals surface area contributed by atoms with Crippen LogP contribution in [0.5, 0.6) is 11.5 Å². The minimum absolute atomic E-state index is 0.0821. The molecule has 0 spiro atoms. The summed E-state index contributed by atoms with van der Waals surface area (Å²) in [5.74, 6) is 0.754. The van der Waals surface area contributed by atoms with Crippen LogP contribution in [0.3, 0.4) is 0 Å². The smallest absolute Gasteiger partial charge is 0.505 e. The Bertz CT molecular complexity index is 1160. The molecule has 1 atom stereocenters. The van der Waals surface area contributed by atoms with Crippen LogP contribution in [0.1, 0.15) is 82.8 Å². The Morgan fingerprint density at radius 2 is 1.59 bits per heavy atom. The molecule has 0 saturated carbocycles. The van der Waals surface area contributed by atoms with Crippen molar-refractivity contribution >= 4 is 19.3 Å².